The van der Waals surface area contributed by atoms with E-state index in [1.165, 1.54) is 29.7 Å². The van der Waals surface area contributed by atoms with E-state index >= 15 is 0 Å². The van der Waals surface area contributed by atoms with Crippen molar-refractivity contribution in [1.82, 2.24) is 9.80 Å². The van der Waals surface area contributed by atoms with Crippen molar-refractivity contribution in [3.05, 3.63) is 65.7 Å². The number of anilines is 1. The van der Waals surface area contributed by atoms with E-state index in [-0.39, 0.29) is 6.09 Å². The average Bonchev–Trinajstić information content (AvgIpc) is 2.86. The maximum atomic E-state index is 12.6. The topological polar surface area (TPSA) is 36.0 Å². The molecule has 2 aromatic carbocycles. The van der Waals surface area contributed by atoms with Crippen LogP contribution in [0.1, 0.15) is 83.4 Å². The lowest BCUT2D eigenvalue weighted by molar-refractivity contribution is -0.0626. The van der Waals surface area contributed by atoms with Crippen molar-refractivity contribution in [1.29, 1.82) is 0 Å². The Balaban J connectivity index is 1.29. The fourth-order valence-corrected chi connectivity index (χ4v) is 6.80. The fraction of sp³-hybridized carbons (Fsp3) is 0.594. The third-order valence-electron chi connectivity index (χ3n) is 8.80. The summed E-state index contributed by atoms with van der Waals surface area (Å²) in [6.45, 7) is 15.3. The van der Waals surface area contributed by atoms with E-state index in [1.807, 2.05) is 25.7 Å². The number of hydrogen-bond acceptors (Lipinski definition) is 4. The molecule has 1 aliphatic carbocycles. The molecule has 2 aliphatic heterocycles. The quantitative estimate of drug-likeness (QED) is 0.457. The minimum atomic E-state index is -0.434. The molecule has 5 rings (SSSR count). The number of para-hydroxylation sites is 1. The molecular weight excluding hydrogens is 458 g/mol. The Morgan fingerprint density at radius 2 is 1.57 bits per heavy atom. The molecule has 200 valence electrons. The Morgan fingerprint density at radius 3 is 2.22 bits per heavy atom. The third-order valence-corrected chi connectivity index (χ3v) is 8.80. The van der Waals surface area contributed by atoms with Crippen LogP contribution in [0.2, 0.25) is 0 Å². The Hall–Kier alpha value is -2.53. The third kappa shape index (κ3) is 5.67. The smallest absolute Gasteiger partial charge is 0.410 e. The van der Waals surface area contributed by atoms with Gasteiger partial charge in [-0.15, -0.1) is 0 Å². The van der Waals surface area contributed by atoms with Gasteiger partial charge in [0.15, 0.2) is 0 Å². The molecule has 1 unspecified atom stereocenters. The second kappa shape index (κ2) is 10.3. The van der Waals surface area contributed by atoms with E-state index in [1.54, 1.807) is 0 Å². The van der Waals surface area contributed by atoms with Gasteiger partial charge in [0.1, 0.15) is 5.60 Å². The number of hydrogen-bond donors (Lipinski definition) is 0. The van der Waals surface area contributed by atoms with Gasteiger partial charge in [0.25, 0.3) is 0 Å². The second-order valence-electron chi connectivity index (χ2n) is 12.8. The Morgan fingerprint density at radius 1 is 0.919 bits per heavy atom. The minimum absolute atomic E-state index is 0.152. The van der Waals surface area contributed by atoms with E-state index < -0.39 is 5.60 Å². The van der Waals surface area contributed by atoms with Gasteiger partial charge < -0.3 is 14.5 Å². The summed E-state index contributed by atoms with van der Waals surface area (Å²) in [5, 5.41) is 0. The van der Waals surface area contributed by atoms with Crippen molar-refractivity contribution in [2.75, 3.05) is 37.6 Å². The van der Waals surface area contributed by atoms with Crippen LogP contribution < -0.4 is 4.90 Å². The number of carbonyl (C=O) groups excluding carboxylic acids is 1. The first-order valence-corrected chi connectivity index (χ1v) is 14.3. The molecule has 0 aromatic heterocycles. The lowest BCUT2D eigenvalue weighted by Gasteiger charge is -2.58. The molecule has 3 aliphatic rings. The van der Waals surface area contributed by atoms with Crippen LogP contribution in [0, 0.1) is 5.41 Å². The summed E-state index contributed by atoms with van der Waals surface area (Å²) in [4.78, 5) is 19.9. The SMILES string of the molecule is CC(C)c1ccccc1C1CN(c2ccccc2)CCN1C1CC2(CCN(C(=O)OC(C)(C)C)CC2)C1. The molecule has 2 saturated heterocycles. The maximum Gasteiger partial charge on any atom is 0.410 e. The van der Waals surface area contributed by atoms with E-state index in [4.69, 9.17) is 4.74 Å². The number of piperidine rings is 1. The molecule has 5 nitrogen and oxygen atoms in total. The van der Waals surface area contributed by atoms with Crippen molar-refractivity contribution in [2.24, 2.45) is 5.41 Å². The number of piperazine rings is 1. The highest BCUT2D eigenvalue weighted by molar-refractivity contribution is 5.68. The zero-order valence-corrected chi connectivity index (χ0v) is 23.5. The summed E-state index contributed by atoms with van der Waals surface area (Å²) >= 11 is 0. The van der Waals surface area contributed by atoms with Gasteiger partial charge in [0.2, 0.25) is 0 Å². The van der Waals surface area contributed by atoms with Crippen LogP contribution in [0.15, 0.2) is 54.6 Å². The molecule has 0 N–H and O–H groups in total. The van der Waals surface area contributed by atoms with Gasteiger partial charge in [0.05, 0.1) is 6.04 Å². The van der Waals surface area contributed by atoms with Crippen molar-refractivity contribution < 1.29 is 9.53 Å². The van der Waals surface area contributed by atoms with Crippen LogP contribution in [0.3, 0.4) is 0 Å². The molecule has 1 atom stereocenters. The number of nitrogens with zero attached hydrogens (tertiary/aromatic N) is 3. The molecule has 3 fully saturated rings. The summed E-state index contributed by atoms with van der Waals surface area (Å²) in [6, 6.07) is 21.0. The number of rotatable bonds is 4. The normalized spacial score (nSPS) is 22.8. The van der Waals surface area contributed by atoms with Crippen molar-refractivity contribution in [3.63, 3.8) is 0 Å². The van der Waals surface area contributed by atoms with Crippen LogP contribution >= 0.6 is 0 Å². The number of benzene rings is 2. The van der Waals surface area contributed by atoms with E-state index in [0.29, 0.717) is 23.4 Å². The van der Waals surface area contributed by atoms with Gasteiger partial charge in [-0.1, -0.05) is 56.3 Å². The standard InChI is InChI=1S/C32H45N3O2/c1-24(2)27-13-9-10-14-28(27)29-23-34(25-11-7-6-8-12-25)19-20-35(29)26-21-32(22-26)15-17-33(18-16-32)30(36)37-31(3,4)5/h6-14,24,26,29H,15-23H2,1-5H3. The van der Waals surface area contributed by atoms with Crippen molar-refractivity contribution in [3.8, 4) is 0 Å². The largest absolute Gasteiger partial charge is 0.444 e. The van der Waals surface area contributed by atoms with Gasteiger partial charge in [-0.3, -0.25) is 4.90 Å². The highest BCUT2D eigenvalue weighted by Gasteiger charge is 2.50. The maximum absolute atomic E-state index is 12.6. The van der Waals surface area contributed by atoms with Crippen LogP contribution in [-0.2, 0) is 4.74 Å². The predicted octanol–water partition coefficient (Wildman–Crippen LogP) is 6.85. The average molecular weight is 504 g/mol. The van der Waals surface area contributed by atoms with Gasteiger partial charge in [-0.2, -0.15) is 0 Å². The molecule has 1 amide bonds. The number of likely N-dealkylation sites (tertiary alicyclic amines) is 1. The molecule has 1 saturated carbocycles. The van der Waals surface area contributed by atoms with E-state index in [0.717, 1.165) is 45.6 Å². The highest BCUT2D eigenvalue weighted by Crippen LogP contribution is 2.53. The summed E-state index contributed by atoms with van der Waals surface area (Å²) in [5.74, 6) is 0.509. The van der Waals surface area contributed by atoms with E-state index in [2.05, 4.69) is 78.2 Å². The monoisotopic (exact) mass is 503 g/mol. The lowest BCUT2D eigenvalue weighted by Crippen LogP contribution is -2.60. The first-order chi connectivity index (χ1) is 17.6. The second-order valence-corrected chi connectivity index (χ2v) is 12.8. The van der Waals surface area contributed by atoms with Crippen molar-refractivity contribution >= 4 is 11.8 Å². The van der Waals surface area contributed by atoms with Crippen LogP contribution in [0.4, 0.5) is 10.5 Å². The first kappa shape index (κ1) is 26.1. The van der Waals surface area contributed by atoms with Gasteiger partial charge >= 0.3 is 6.09 Å². The zero-order valence-electron chi connectivity index (χ0n) is 23.5. The Kier molecular flexibility index (Phi) is 7.28. The van der Waals surface area contributed by atoms with Gasteiger partial charge in [0, 0.05) is 44.5 Å². The van der Waals surface area contributed by atoms with Crippen LogP contribution in [0.5, 0.6) is 0 Å². The fourth-order valence-electron chi connectivity index (χ4n) is 6.80. The molecule has 0 radical (unpaired) electrons. The molecule has 1 spiro atoms. The first-order valence-electron chi connectivity index (χ1n) is 14.3. The molecule has 5 heteroatoms. The number of carbonyl (C=O) groups is 1. The van der Waals surface area contributed by atoms with Crippen LogP contribution in [0.25, 0.3) is 0 Å². The lowest BCUT2D eigenvalue weighted by atomic mass is 9.59. The summed E-state index contributed by atoms with van der Waals surface area (Å²) in [7, 11) is 0. The minimum Gasteiger partial charge on any atom is -0.444 e. The van der Waals surface area contributed by atoms with Gasteiger partial charge in [-0.05, 0) is 81.0 Å². The Labute approximate surface area is 223 Å². The predicted molar refractivity (Wildman–Crippen MR) is 151 cm³/mol. The Bertz CT molecular complexity index is 1060. The van der Waals surface area contributed by atoms with Gasteiger partial charge in [-0.25, -0.2) is 4.79 Å². The zero-order chi connectivity index (χ0) is 26.2. The molecule has 0 bridgehead atoms. The molecule has 2 aromatic rings. The summed E-state index contributed by atoms with van der Waals surface area (Å²) < 4.78 is 5.63. The molecule has 37 heavy (non-hydrogen) atoms. The number of ether oxygens (including phenoxy) is 1. The number of amides is 1. The van der Waals surface area contributed by atoms with Crippen molar-refractivity contribution in [2.45, 2.75) is 83.9 Å². The molecular formula is C32H45N3O2. The summed E-state index contributed by atoms with van der Waals surface area (Å²) in [5.41, 5.74) is 4.26. The van der Waals surface area contributed by atoms with Crippen LogP contribution in [-0.4, -0.2) is 60.3 Å². The summed E-state index contributed by atoms with van der Waals surface area (Å²) in [6.07, 6.45) is 4.54. The highest BCUT2D eigenvalue weighted by atomic mass is 16.6. The van der Waals surface area contributed by atoms with E-state index in [9.17, 15) is 4.79 Å². The molecule has 2 heterocycles.